The predicted octanol–water partition coefficient (Wildman–Crippen LogP) is 12.8. The van der Waals surface area contributed by atoms with Crippen LogP contribution in [-0.4, -0.2) is 191 Å². The van der Waals surface area contributed by atoms with Crippen molar-refractivity contribution in [1.82, 2.24) is 101 Å². The molecule has 15 rings (SSSR count). The molecular weight excluding hydrogens is 1730 g/mol. The third-order valence-corrected chi connectivity index (χ3v) is 24.1. The maximum Gasteiger partial charge on any atom is 0.407 e. The molecule has 40 nitrogen and oxygen atoms in total. The van der Waals surface area contributed by atoms with Gasteiger partial charge in [-0.15, -0.1) is 20.4 Å². The normalized spacial score (nSPS) is 18.7. The van der Waals surface area contributed by atoms with Gasteiger partial charge in [-0.05, 0) is 203 Å². The number of benzene rings is 2. The first-order chi connectivity index (χ1) is 64.5. The minimum absolute atomic E-state index is 0.0865. The number of rotatable bonds is 33. The Labute approximate surface area is 774 Å². The van der Waals surface area contributed by atoms with E-state index in [1.165, 1.54) is 0 Å². The number of carbonyl (C=O) groups excluding carboxylic acids is 4. The van der Waals surface area contributed by atoms with E-state index in [2.05, 4.69) is 82.1 Å². The number of carboxylic acid groups (broad SMARTS) is 4. The van der Waals surface area contributed by atoms with Crippen molar-refractivity contribution in [2.24, 2.45) is 63.7 Å². The van der Waals surface area contributed by atoms with Crippen LogP contribution in [0.4, 0.5) is 14.4 Å². The molecule has 0 bridgehead atoms. The van der Waals surface area contributed by atoms with E-state index >= 15 is 0 Å². The van der Waals surface area contributed by atoms with Crippen molar-refractivity contribution in [3.05, 3.63) is 160 Å². The fourth-order valence-corrected chi connectivity index (χ4v) is 15.9. The quantitative estimate of drug-likeness (QED) is 0.0148. The zero-order chi connectivity index (χ0) is 95.5. The molecule has 5 aliphatic carbocycles. The van der Waals surface area contributed by atoms with E-state index in [1.807, 2.05) is 113 Å². The van der Waals surface area contributed by atoms with Gasteiger partial charge in [-0.25, -0.2) is 53.3 Å². The van der Waals surface area contributed by atoms with Gasteiger partial charge in [0, 0.05) is 28.2 Å². The van der Waals surface area contributed by atoms with Gasteiger partial charge in [-0.1, -0.05) is 102 Å². The lowest BCUT2D eigenvalue weighted by Crippen LogP contribution is -2.30. The number of hydrogen-bond donors (Lipinski definition) is 7. The molecule has 714 valence electrons. The Kier molecular flexibility index (Phi) is 35.3. The zero-order valence-electron chi connectivity index (χ0n) is 77.1. The summed E-state index contributed by atoms with van der Waals surface area (Å²) in [5.41, 5.74) is 11.5. The maximum absolute atomic E-state index is 12.2. The summed E-state index contributed by atoms with van der Waals surface area (Å²) in [5.74, 6) is -1.76. The molecule has 0 aliphatic heterocycles. The second-order valence-electron chi connectivity index (χ2n) is 34.4. The molecule has 0 spiro atoms. The number of pyridine rings is 3. The van der Waals surface area contributed by atoms with Crippen LogP contribution in [0.3, 0.4) is 0 Å². The summed E-state index contributed by atoms with van der Waals surface area (Å²) in [7, 11) is 6.97. The number of aromatic nitrogens is 17. The molecule has 3 amide bonds. The van der Waals surface area contributed by atoms with Crippen LogP contribution >= 0.6 is 0 Å². The van der Waals surface area contributed by atoms with Crippen LogP contribution in [0.15, 0.2) is 103 Å². The van der Waals surface area contributed by atoms with Gasteiger partial charge in [-0.3, -0.25) is 28.7 Å². The molecule has 8 aromatic heterocycles. The summed E-state index contributed by atoms with van der Waals surface area (Å²) in [6, 6.07) is 29.7. The average molecular weight is 1850 g/mol. The Bertz CT molecular complexity index is 5480. The third-order valence-electron chi connectivity index (χ3n) is 24.1. The van der Waals surface area contributed by atoms with Gasteiger partial charge in [-0.2, -0.15) is 0 Å². The number of esters is 1. The standard InChI is InChI=1S/C25H29N5O5.C24H28N6O5.C23H33N5O5.C22H28N4O5/c1-16-22(35-19-10-6-9-18(13-19)24(31)32)12-11-20(27-16)23-21(30(2)29-28-23)14-26-25(33)34-15-17-7-4-3-5-8-17;1-15-22(35-18-10-6-9-17(11-18)23(31)32)25-12-19(27-15)21-20(30(2)29-28-21)13-26-24(33)34-14-16-7-4-3-5-8-16;1-5-14(2)13-32-23(31)24-12-19-21(26-27-28(19)4)18-9-10-20(15(3)25-18)33-17-8-6-7-16(11-17)22(29)30;1-13-19(31-16-5-3-4-15(10-16)22(28)29)9-8-17(23-13)21-18(26(2)25-24-21)11-20(27)30-12-14-6-7-14/h3-5,7-8,11-12,18-19H,6,9-10,13-15H2,1-2H3,(H,26,33)(H,31,32);3-5,7-8,12,17-18H,6,9-11,13-14H2,1-2H3,(H,26,33)(H,31,32);9-10,14,16-17H,5-8,11-13H2,1-4H3,(H,24,31)(H,29,30);8-9,14-16H,3-7,10-12H2,1-2H3,(H,28,29)/t18?,19-;17-,18-;14-,16-,17-;15-,16-/m0000/s1. The summed E-state index contributed by atoms with van der Waals surface area (Å²) in [6.45, 7) is 13.1. The molecule has 1 unspecified atom stereocenters. The Hall–Kier alpha value is -14.1. The van der Waals surface area contributed by atoms with Gasteiger partial charge in [0.2, 0.25) is 5.88 Å². The fraction of sp³-hybridized carbons (Fsp3) is 0.500. The Morgan fingerprint density at radius 3 is 1.08 bits per heavy atom. The van der Waals surface area contributed by atoms with Crippen LogP contribution < -0.4 is 34.9 Å². The van der Waals surface area contributed by atoms with Crippen molar-refractivity contribution in [1.29, 1.82) is 0 Å². The van der Waals surface area contributed by atoms with E-state index in [0.717, 1.165) is 81.8 Å². The lowest BCUT2D eigenvalue weighted by molar-refractivity contribution is -0.144. The molecule has 7 N–H and O–H groups in total. The molecule has 0 saturated heterocycles. The van der Waals surface area contributed by atoms with E-state index < -0.39 is 48.1 Å². The van der Waals surface area contributed by atoms with Crippen molar-refractivity contribution in [2.45, 2.75) is 227 Å². The number of amides is 3. The van der Waals surface area contributed by atoms with Crippen LogP contribution in [0.1, 0.15) is 193 Å². The molecule has 2 aromatic carbocycles. The molecule has 134 heavy (non-hydrogen) atoms. The lowest BCUT2D eigenvalue weighted by Gasteiger charge is -2.27. The second kappa shape index (κ2) is 47.8. The van der Waals surface area contributed by atoms with E-state index in [4.69, 9.17) is 37.9 Å². The molecule has 9 atom stereocenters. The second-order valence-corrected chi connectivity index (χ2v) is 34.4. The first-order valence-electron chi connectivity index (χ1n) is 45.3. The number of aryl methyl sites for hydroxylation is 8. The summed E-state index contributed by atoms with van der Waals surface area (Å²) >= 11 is 0. The molecule has 8 heterocycles. The van der Waals surface area contributed by atoms with Crippen molar-refractivity contribution in [2.75, 3.05) is 13.2 Å². The number of hydrogen-bond acceptors (Lipinski definition) is 29. The Balaban J connectivity index is 0.000000161. The highest BCUT2D eigenvalue weighted by Crippen LogP contribution is 2.37. The predicted molar refractivity (Wildman–Crippen MR) is 482 cm³/mol. The van der Waals surface area contributed by atoms with E-state index in [1.54, 1.807) is 78.2 Å². The van der Waals surface area contributed by atoms with Gasteiger partial charge >= 0.3 is 48.1 Å². The number of nitrogens with zero attached hydrogens (tertiary/aromatic N) is 17. The van der Waals surface area contributed by atoms with E-state index in [9.17, 15) is 58.8 Å². The Morgan fingerprint density at radius 1 is 0.403 bits per heavy atom. The number of carbonyl (C=O) groups is 8. The molecule has 40 heteroatoms. The number of alkyl carbamates (subject to hydrolysis) is 3. The Morgan fingerprint density at radius 2 is 0.739 bits per heavy atom. The van der Waals surface area contributed by atoms with Crippen molar-refractivity contribution in [3.63, 3.8) is 0 Å². The van der Waals surface area contributed by atoms with E-state index in [0.29, 0.717) is 191 Å². The fourth-order valence-electron chi connectivity index (χ4n) is 15.9. The molecule has 5 fully saturated rings. The first kappa shape index (κ1) is 98.9. The van der Waals surface area contributed by atoms with Crippen LogP contribution in [-0.2, 0) is 110 Å². The first-order valence-corrected chi connectivity index (χ1v) is 45.3. The largest absolute Gasteiger partial charge is 0.489 e. The minimum atomic E-state index is -0.788. The summed E-state index contributed by atoms with van der Waals surface area (Å²) in [4.78, 5) is 117. The van der Waals surface area contributed by atoms with E-state index in [-0.39, 0.29) is 87.4 Å². The molecule has 10 aromatic rings. The number of carboxylic acids is 4. The molecular formula is C94H118N20O20. The van der Waals surface area contributed by atoms with Gasteiger partial charge in [0.1, 0.15) is 70.7 Å². The topological polar surface area (TPSA) is 515 Å². The number of aliphatic carboxylic acids is 4. The van der Waals surface area contributed by atoms with Crippen molar-refractivity contribution >= 4 is 48.1 Å². The average Bonchev–Trinajstić information content (AvgIpc) is 1.69. The van der Waals surface area contributed by atoms with Gasteiger partial charge in [0.05, 0.1) is 144 Å². The number of ether oxygens (including phenoxy) is 8. The van der Waals surface area contributed by atoms with Crippen LogP contribution in [0, 0.1) is 63.2 Å². The van der Waals surface area contributed by atoms with Crippen molar-refractivity contribution in [3.8, 4) is 68.7 Å². The zero-order valence-corrected chi connectivity index (χ0v) is 77.1. The number of nitrogens with one attached hydrogen (secondary N) is 3. The summed E-state index contributed by atoms with van der Waals surface area (Å²) in [6.07, 6.45) is 13.9. The maximum atomic E-state index is 12.2. The lowest BCUT2D eigenvalue weighted by atomic mass is 9.87. The third kappa shape index (κ3) is 28.5. The monoisotopic (exact) mass is 1850 g/mol. The SMILES string of the molecule is CC[C@H](C)COC(=O)NCc1c(-c2ccc(O[C@H]3CCC[C@H](C(=O)O)C3)c(C)n2)nnn1C.Cc1nc(-c2nnn(C)c2CC(=O)OCC2CC2)ccc1O[C@H]1CCC[C@H](C(=O)O)C1.Cc1nc(-c2nnn(C)c2CNC(=O)OCc2ccccc2)ccc1O[C@H]1CCCC(C(=O)O)C1.Cc1nc(-c2nnn(C)c2CNC(=O)OCc2ccccc2)cnc1O[C@H]1CCC[C@H](C(=O)O)C1. The molecule has 0 radical (unpaired) electrons. The summed E-state index contributed by atoms with van der Waals surface area (Å²) in [5, 5.41) is 78.5. The molecule has 5 saturated carbocycles. The molecule has 5 aliphatic rings. The highest BCUT2D eigenvalue weighted by atomic mass is 16.6. The van der Waals surface area contributed by atoms with Crippen molar-refractivity contribution < 1.29 is 96.7 Å². The van der Waals surface area contributed by atoms with Gasteiger partial charge < -0.3 is 74.3 Å². The highest BCUT2D eigenvalue weighted by molar-refractivity contribution is 5.76. The summed E-state index contributed by atoms with van der Waals surface area (Å²) < 4.78 is 51.7. The van der Waals surface area contributed by atoms with Crippen LogP contribution in [0.25, 0.3) is 45.6 Å². The minimum Gasteiger partial charge on any atom is -0.489 e. The van der Waals surface area contributed by atoms with Crippen LogP contribution in [0.2, 0.25) is 0 Å². The van der Waals surface area contributed by atoms with Gasteiger partial charge in [0.15, 0.2) is 0 Å². The van der Waals surface area contributed by atoms with Gasteiger partial charge in [0.25, 0.3) is 0 Å². The highest BCUT2D eigenvalue weighted by Gasteiger charge is 2.35. The van der Waals surface area contributed by atoms with Crippen LogP contribution in [0.5, 0.6) is 23.1 Å². The smallest absolute Gasteiger partial charge is 0.407 e.